The van der Waals surface area contributed by atoms with Gasteiger partial charge in [0.2, 0.25) is 0 Å². The highest BCUT2D eigenvalue weighted by Crippen LogP contribution is 2.24. The first kappa shape index (κ1) is 8.43. The second-order valence-electron chi connectivity index (χ2n) is 2.64. The van der Waals surface area contributed by atoms with Gasteiger partial charge in [-0.3, -0.25) is 0 Å². The normalized spacial score (nSPS) is 10.0. The number of benzene rings is 1. The summed E-state index contributed by atoms with van der Waals surface area (Å²) in [5.41, 5.74) is 5.33. The Morgan fingerprint density at radius 1 is 1.43 bits per heavy atom. The Bertz CT molecular complexity index is 439. The van der Waals surface area contributed by atoms with Crippen molar-refractivity contribution >= 4 is 5.82 Å². The number of nitrogens with zero attached hydrogens (tertiary/aromatic N) is 1. The zero-order valence-corrected chi connectivity index (χ0v) is 7.18. The smallest absolute Gasteiger partial charge is 0.401 e. The molecule has 2 aromatic rings. The average Bonchev–Trinajstić information content (AvgIpc) is 2.51. The van der Waals surface area contributed by atoms with Crippen LogP contribution in [0.3, 0.4) is 0 Å². The SMILES string of the molecule is Nc1coc(Oc2cccc(O)c2)n1. The molecule has 0 spiro atoms. The second kappa shape index (κ2) is 3.29. The summed E-state index contributed by atoms with van der Waals surface area (Å²) in [5, 5.41) is 9.14. The summed E-state index contributed by atoms with van der Waals surface area (Å²) in [7, 11) is 0. The molecule has 0 atom stereocenters. The average molecular weight is 192 g/mol. The van der Waals surface area contributed by atoms with Gasteiger partial charge in [-0.2, -0.15) is 4.98 Å². The Hall–Kier alpha value is -2.17. The van der Waals surface area contributed by atoms with E-state index in [4.69, 9.17) is 20.0 Å². The van der Waals surface area contributed by atoms with E-state index < -0.39 is 0 Å². The van der Waals surface area contributed by atoms with Gasteiger partial charge in [0.25, 0.3) is 0 Å². The van der Waals surface area contributed by atoms with Gasteiger partial charge in [-0.25, -0.2) is 0 Å². The predicted molar refractivity (Wildman–Crippen MR) is 49.1 cm³/mol. The van der Waals surface area contributed by atoms with Crippen molar-refractivity contribution in [2.45, 2.75) is 0 Å². The van der Waals surface area contributed by atoms with E-state index in [9.17, 15) is 0 Å². The summed E-state index contributed by atoms with van der Waals surface area (Å²) < 4.78 is 10.0. The summed E-state index contributed by atoms with van der Waals surface area (Å²) in [6.45, 7) is 0. The van der Waals surface area contributed by atoms with Gasteiger partial charge >= 0.3 is 6.08 Å². The molecule has 1 heterocycles. The van der Waals surface area contributed by atoms with Crippen LogP contribution in [0.1, 0.15) is 0 Å². The van der Waals surface area contributed by atoms with Gasteiger partial charge in [0.1, 0.15) is 17.8 Å². The van der Waals surface area contributed by atoms with Crippen LogP contribution in [0.5, 0.6) is 17.6 Å². The Balaban J connectivity index is 2.18. The molecule has 0 fully saturated rings. The highest BCUT2D eigenvalue weighted by molar-refractivity contribution is 5.33. The summed E-state index contributed by atoms with van der Waals surface area (Å²) >= 11 is 0. The number of hydrogen-bond acceptors (Lipinski definition) is 5. The van der Waals surface area contributed by atoms with Crippen LogP contribution in [0.15, 0.2) is 34.9 Å². The van der Waals surface area contributed by atoms with Crippen LogP contribution in [-0.4, -0.2) is 10.1 Å². The predicted octanol–water partition coefficient (Wildman–Crippen LogP) is 1.75. The molecule has 1 aromatic heterocycles. The first-order valence-corrected chi connectivity index (χ1v) is 3.92. The molecule has 0 aliphatic rings. The lowest BCUT2D eigenvalue weighted by Gasteiger charge is -1.99. The third-order valence-electron chi connectivity index (χ3n) is 1.52. The number of nitrogens with two attached hydrogens (primary N) is 1. The van der Waals surface area contributed by atoms with Crippen LogP contribution in [-0.2, 0) is 0 Å². The van der Waals surface area contributed by atoms with Crippen molar-refractivity contribution in [1.29, 1.82) is 0 Å². The first-order valence-electron chi connectivity index (χ1n) is 3.92. The molecular formula is C9H8N2O3. The largest absolute Gasteiger partial charge is 0.508 e. The third kappa shape index (κ3) is 1.77. The lowest BCUT2D eigenvalue weighted by atomic mass is 10.3. The number of hydrogen-bond donors (Lipinski definition) is 2. The molecule has 5 heteroatoms. The summed E-state index contributed by atoms with van der Waals surface area (Å²) in [4.78, 5) is 3.74. The summed E-state index contributed by atoms with van der Waals surface area (Å²) in [6.07, 6.45) is 1.33. The van der Waals surface area contributed by atoms with Crippen molar-refractivity contribution in [3.8, 4) is 17.6 Å². The van der Waals surface area contributed by atoms with Crippen molar-refractivity contribution in [2.24, 2.45) is 0 Å². The molecule has 1 aromatic carbocycles. The summed E-state index contributed by atoms with van der Waals surface area (Å²) in [6, 6.07) is 6.30. The number of oxazole rings is 1. The zero-order chi connectivity index (χ0) is 9.97. The molecule has 0 radical (unpaired) electrons. The zero-order valence-electron chi connectivity index (χ0n) is 7.18. The highest BCUT2D eigenvalue weighted by atomic mass is 16.6. The lowest BCUT2D eigenvalue weighted by molar-refractivity contribution is 0.329. The monoisotopic (exact) mass is 192 g/mol. The molecule has 0 saturated carbocycles. The van der Waals surface area contributed by atoms with Crippen LogP contribution in [0.25, 0.3) is 0 Å². The second-order valence-corrected chi connectivity index (χ2v) is 2.64. The molecule has 0 unspecified atom stereocenters. The molecule has 5 nitrogen and oxygen atoms in total. The maximum atomic E-state index is 9.14. The van der Waals surface area contributed by atoms with E-state index in [0.29, 0.717) is 5.75 Å². The minimum atomic E-state index is 0.0492. The van der Waals surface area contributed by atoms with Crippen molar-refractivity contribution in [3.63, 3.8) is 0 Å². The van der Waals surface area contributed by atoms with E-state index in [1.54, 1.807) is 12.1 Å². The maximum Gasteiger partial charge on any atom is 0.401 e. The van der Waals surface area contributed by atoms with Gasteiger partial charge in [0.05, 0.1) is 0 Å². The van der Waals surface area contributed by atoms with Crippen LogP contribution in [0.4, 0.5) is 5.82 Å². The van der Waals surface area contributed by atoms with E-state index in [-0.39, 0.29) is 17.6 Å². The molecule has 3 N–H and O–H groups in total. The Morgan fingerprint density at radius 2 is 2.29 bits per heavy atom. The Labute approximate surface area is 79.8 Å². The van der Waals surface area contributed by atoms with Gasteiger partial charge in [-0.1, -0.05) is 6.07 Å². The maximum absolute atomic E-state index is 9.14. The molecule has 14 heavy (non-hydrogen) atoms. The van der Waals surface area contributed by atoms with Gasteiger partial charge in [-0.05, 0) is 12.1 Å². The number of anilines is 1. The van der Waals surface area contributed by atoms with E-state index in [1.807, 2.05) is 0 Å². The number of nitrogen functional groups attached to an aromatic ring is 1. The van der Waals surface area contributed by atoms with Crippen molar-refractivity contribution < 1.29 is 14.3 Å². The summed E-state index contributed by atoms with van der Waals surface area (Å²) in [5.74, 6) is 0.800. The molecule has 0 aliphatic heterocycles. The van der Waals surface area contributed by atoms with E-state index in [1.165, 1.54) is 18.4 Å². The van der Waals surface area contributed by atoms with Gasteiger partial charge in [0.15, 0.2) is 5.82 Å². The van der Waals surface area contributed by atoms with Crippen LogP contribution < -0.4 is 10.5 Å². The number of aromatic nitrogens is 1. The van der Waals surface area contributed by atoms with Gasteiger partial charge < -0.3 is 20.0 Å². The third-order valence-corrected chi connectivity index (χ3v) is 1.52. The van der Waals surface area contributed by atoms with Crippen LogP contribution >= 0.6 is 0 Å². The van der Waals surface area contributed by atoms with Crippen LogP contribution in [0.2, 0.25) is 0 Å². The number of ether oxygens (including phenoxy) is 1. The topological polar surface area (TPSA) is 81.5 Å². The Kier molecular flexibility index (Phi) is 1.98. The number of aromatic hydroxyl groups is 1. The van der Waals surface area contributed by atoms with E-state index >= 15 is 0 Å². The molecule has 0 saturated heterocycles. The van der Waals surface area contributed by atoms with Gasteiger partial charge in [0, 0.05) is 6.07 Å². The van der Waals surface area contributed by atoms with Crippen molar-refractivity contribution in [2.75, 3.05) is 5.73 Å². The fraction of sp³-hybridized carbons (Fsp3) is 0. The molecule has 0 aliphatic carbocycles. The first-order chi connectivity index (χ1) is 6.74. The van der Waals surface area contributed by atoms with Crippen molar-refractivity contribution in [3.05, 3.63) is 30.5 Å². The van der Waals surface area contributed by atoms with Crippen LogP contribution in [0, 0.1) is 0 Å². The molecular weight excluding hydrogens is 184 g/mol. The fourth-order valence-corrected chi connectivity index (χ4v) is 0.964. The number of phenolic OH excluding ortho intramolecular Hbond substituents is 1. The minimum Gasteiger partial charge on any atom is -0.508 e. The molecule has 0 bridgehead atoms. The number of rotatable bonds is 2. The van der Waals surface area contributed by atoms with Gasteiger partial charge in [-0.15, -0.1) is 0 Å². The van der Waals surface area contributed by atoms with Crippen molar-refractivity contribution in [1.82, 2.24) is 4.98 Å². The van der Waals surface area contributed by atoms with E-state index in [2.05, 4.69) is 4.98 Å². The van der Waals surface area contributed by atoms with E-state index in [0.717, 1.165) is 0 Å². The minimum absolute atomic E-state index is 0.0492. The molecule has 0 amide bonds. The number of phenols is 1. The molecule has 2 rings (SSSR count). The highest BCUT2D eigenvalue weighted by Gasteiger charge is 2.03. The quantitative estimate of drug-likeness (QED) is 0.757. The standard InChI is InChI=1S/C9H8N2O3/c10-8-5-13-9(11-8)14-7-3-1-2-6(12)4-7/h1-5,12H,10H2. The molecule has 72 valence electrons. The fourth-order valence-electron chi connectivity index (χ4n) is 0.964. The Morgan fingerprint density at radius 3 is 2.93 bits per heavy atom. The lowest BCUT2D eigenvalue weighted by Crippen LogP contribution is -1.86.